The SMILES string of the molecule is Cc1nn(C2CC2)c(=O)[nH]1. The van der Waals surface area contributed by atoms with Crippen LogP contribution in [-0.2, 0) is 0 Å². The van der Waals surface area contributed by atoms with Crippen molar-refractivity contribution in [1.82, 2.24) is 14.8 Å². The molecule has 0 unspecified atom stereocenters. The van der Waals surface area contributed by atoms with Gasteiger partial charge in [-0.2, -0.15) is 5.10 Å². The molecule has 1 fully saturated rings. The van der Waals surface area contributed by atoms with Crippen LogP contribution in [0.1, 0.15) is 24.7 Å². The first kappa shape index (κ1) is 5.70. The number of aromatic amines is 1. The second kappa shape index (κ2) is 1.71. The maximum Gasteiger partial charge on any atom is 0.343 e. The summed E-state index contributed by atoms with van der Waals surface area (Å²) < 4.78 is 1.54. The normalized spacial score (nSPS) is 17.7. The number of H-pyrrole nitrogens is 1. The Kier molecular flexibility index (Phi) is 0.977. The van der Waals surface area contributed by atoms with E-state index in [-0.39, 0.29) is 5.69 Å². The monoisotopic (exact) mass is 139 g/mol. The van der Waals surface area contributed by atoms with Crippen LogP contribution in [0.5, 0.6) is 0 Å². The molecule has 0 bridgehead atoms. The second-order valence-corrected chi connectivity index (χ2v) is 2.69. The van der Waals surface area contributed by atoms with E-state index in [1.54, 1.807) is 6.92 Å². The molecule has 0 radical (unpaired) electrons. The van der Waals surface area contributed by atoms with E-state index < -0.39 is 0 Å². The van der Waals surface area contributed by atoms with Crippen LogP contribution in [0, 0.1) is 6.92 Å². The molecule has 0 spiro atoms. The van der Waals surface area contributed by atoms with Gasteiger partial charge in [-0.05, 0) is 19.8 Å². The van der Waals surface area contributed by atoms with Crippen molar-refractivity contribution in [3.63, 3.8) is 0 Å². The third-order valence-corrected chi connectivity index (χ3v) is 1.65. The Labute approximate surface area is 57.9 Å². The molecule has 0 aromatic carbocycles. The van der Waals surface area contributed by atoms with Crippen LogP contribution < -0.4 is 5.69 Å². The van der Waals surface area contributed by atoms with E-state index in [1.165, 1.54) is 4.68 Å². The predicted octanol–water partition coefficient (Wildman–Crippen LogP) is 0.215. The fraction of sp³-hybridized carbons (Fsp3) is 0.667. The van der Waals surface area contributed by atoms with Crippen molar-refractivity contribution < 1.29 is 0 Å². The molecule has 1 saturated carbocycles. The van der Waals surface area contributed by atoms with Gasteiger partial charge >= 0.3 is 5.69 Å². The quantitative estimate of drug-likeness (QED) is 0.604. The van der Waals surface area contributed by atoms with Gasteiger partial charge in [0.1, 0.15) is 5.82 Å². The molecule has 1 heterocycles. The highest BCUT2D eigenvalue weighted by molar-refractivity contribution is 4.85. The summed E-state index contributed by atoms with van der Waals surface area (Å²) in [4.78, 5) is 13.6. The smallest absolute Gasteiger partial charge is 0.293 e. The molecule has 1 aromatic heterocycles. The molecule has 0 saturated heterocycles. The molecule has 4 nitrogen and oxygen atoms in total. The third-order valence-electron chi connectivity index (χ3n) is 1.65. The fourth-order valence-corrected chi connectivity index (χ4v) is 1.01. The Balaban J connectivity index is 2.48. The molecule has 54 valence electrons. The number of rotatable bonds is 1. The summed E-state index contributed by atoms with van der Waals surface area (Å²) in [6.45, 7) is 1.79. The van der Waals surface area contributed by atoms with Gasteiger partial charge in [0.25, 0.3) is 0 Å². The number of aryl methyl sites for hydroxylation is 1. The number of nitrogens with zero attached hydrogens (tertiary/aromatic N) is 2. The minimum atomic E-state index is -0.0694. The molecule has 1 N–H and O–H groups in total. The predicted molar refractivity (Wildman–Crippen MR) is 35.9 cm³/mol. The van der Waals surface area contributed by atoms with Gasteiger partial charge in [-0.15, -0.1) is 0 Å². The Morgan fingerprint density at radius 2 is 2.40 bits per heavy atom. The van der Waals surface area contributed by atoms with Gasteiger partial charge in [0, 0.05) is 0 Å². The van der Waals surface area contributed by atoms with E-state index in [0.29, 0.717) is 11.9 Å². The van der Waals surface area contributed by atoms with E-state index in [1.807, 2.05) is 0 Å². The Hall–Kier alpha value is -1.06. The average molecular weight is 139 g/mol. The van der Waals surface area contributed by atoms with Crippen molar-refractivity contribution in [1.29, 1.82) is 0 Å². The molecule has 0 atom stereocenters. The molecular formula is C6H9N3O. The van der Waals surface area contributed by atoms with Gasteiger partial charge < -0.3 is 0 Å². The zero-order chi connectivity index (χ0) is 7.14. The fourth-order valence-electron chi connectivity index (χ4n) is 1.01. The van der Waals surface area contributed by atoms with Crippen LogP contribution in [0.3, 0.4) is 0 Å². The first-order chi connectivity index (χ1) is 4.77. The molecule has 0 amide bonds. The first-order valence-electron chi connectivity index (χ1n) is 3.43. The zero-order valence-corrected chi connectivity index (χ0v) is 5.79. The van der Waals surface area contributed by atoms with Crippen molar-refractivity contribution in [3.8, 4) is 0 Å². The molecule has 1 aromatic rings. The van der Waals surface area contributed by atoms with Gasteiger partial charge in [-0.1, -0.05) is 0 Å². The summed E-state index contributed by atoms with van der Waals surface area (Å²) >= 11 is 0. The largest absolute Gasteiger partial charge is 0.343 e. The van der Waals surface area contributed by atoms with E-state index in [9.17, 15) is 4.79 Å². The van der Waals surface area contributed by atoms with Crippen molar-refractivity contribution in [2.75, 3.05) is 0 Å². The van der Waals surface area contributed by atoms with Crippen LogP contribution in [0.25, 0.3) is 0 Å². The molecule has 4 heteroatoms. The lowest BCUT2D eigenvalue weighted by Crippen LogP contribution is -2.16. The van der Waals surface area contributed by atoms with E-state index in [0.717, 1.165) is 12.8 Å². The van der Waals surface area contributed by atoms with Crippen LogP contribution >= 0.6 is 0 Å². The lowest BCUT2D eigenvalue weighted by Gasteiger charge is -1.89. The maximum atomic E-state index is 11.0. The second-order valence-electron chi connectivity index (χ2n) is 2.69. The topological polar surface area (TPSA) is 50.7 Å². The Bertz CT molecular complexity index is 294. The molecule has 2 rings (SSSR count). The Morgan fingerprint density at radius 1 is 1.70 bits per heavy atom. The summed E-state index contributed by atoms with van der Waals surface area (Å²) in [6, 6.07) is 0.387. The minimum Gasteiger partial charge on any atom is -0.293 e. The maximum absolute atomic E-state index is 11.0. The van der Waals surface area contributed by atoms with Crippen molar-refractivity contribution in [2.45, 2.75) is 25.8 Å². The van der Waals surface area contributed by atoms with E-state index in [2.05, 4.69) is 10.1 Å². The van der Waals surface area contributed by atoms with E-state index >= 15 is 0 Å². The zero-order valence-electron chi connectivity index (χ0n) is 5.79. The highest BCUT2D eigenvalue weighted by atomic mass is 16.2. The van der Waals surface area contributed by atoms with Crippen molar-refractivity contribution in [3.05, 3.63) is 16.3 Å². The number of nitrogens with one attached hydrogen (secondary N) is 1. The summed E-state index contributed by atoms with van der Waals surface area (Å²) in [5, 5.41) is 4.02. The van der Waals surface area contributed by atoms with E-state index in [4.69, 9.17) is 0 Å². The number of hydrogen-bond donors (Lipinski definition) is 1. The Morgan fingerprint density at radius 3 is 2.80 bits per heavy atom. The van der Waals surface area contributed by atoms with Gasteiger partial charge in [0.15, 0.2) is 0 Å². The van der Waals surface area contributed by atoms with Crippen LogP contribution in [0.2, 0.25) is 0 Å². The van der Waals surface area contributed by atoms with Gasteiger partial charge in [-0.3, -0.25) is 4.98 Å². The lowest BCUT2D eigenvalue weighted by atomic mass is 10.7. The molecular weight excluding hydrogens is 130 g/mol. The summed E-state index contributed by atoms with van der Waals surface area (Å²) in [5.74, 6) is 0.705. The lowest BCUT2D eigenvalue weighted by molar-refractivity contribution is 0.612. The van der Waals surface area contributed by atoms with Crippen molar-refractivity contribution in [2.24, 2.45) is 0 Å². The van der Waals surface area contributed by atoms with Gasteiger partial charge in [0.2, 0.25) is 0 Å². The first-order valence-corrected chi connectivity index (χ1v) is 3.43. The summed E-state index contributed by atoms with van der Waals surface area (Å²) in [7, 11) is 0. The minimum absolute atomic E-state index is 0.0694. The third kappa shape index (κ3) is 0.761. The summed E-state index contributed by atoms with van der Waals surface area (Å²) in [6.07, 6.45) is 2.20. The molecule has 0 aliphatic heterocycles. The standard InChI is InChI=1S/C6H9N3O/c1-4-7-6(10)9(8-4)5-2-3-5/h5H,2-3H2,1H3,(H,7,8,10). The molecule has 10 heavy (non-hydrogen) atoms. The number of hydrogen-bond acceptors (Lipinski definition) is 2. The van der Waals surface area contributed by atoms with Crippen LogP contribution in [-0.4, -0.2) is 14.8 Å². The van der Waals surface area contributed by atoms with Crippen LogP contribution in [0.15, 0.2) is 4.79 Å². The molecule has 1 aliphatic carbocycles. The van der Waals surface area contributed by atoms with Gasteiger partial charge in [0.05, 0.1) is 6.04 Å². The number of aromatic nitrogens is 3. The highest BCUT2D eigenvalue weighted by Crippen LogP contribution is 2.32. The van der Waals surface area contributed by atoms with Gasteiger partial charge in [-0.25, -0.2) is 9.48 Å². The molecule has 1 aliphatic rings. The highest BCUT2D eigenvalue weighted by Gasteiger charge is 2.26. The van der Waals surface area contributed by atoms with Crippen LogP contribution in [0.4, 0.5) is 0 Å². The van der Waals surface area contributed by atoms with Crippen molar-refractivity contribution >= 4 is 0 Å². The summed E-state index contributed by atoms with van der Waals surface area (Å²) in [5.41, 5.74) is -0.0694. The average Bonchev–Trinajstić information content (AvgIpc) is 2.61.